The molecule has 0 radical (unpaired) electrons. The zero-order valence-electron chi connectivity index (χ0n) is 13.2. The Balaban J connectivity index is 1.84. The fraction of sp³-hybridized carbons (Fsp3) is 0.222. The van der Waals surface area contributed by atoms with Gasteiger partial charge in [0, 0.05) is 34.9 Å². The zero-order valence-corrected chi connectivity index (χ0v) is 13.9. The van der Waals surface area contributed by atoms with Crippen molar-refractivity contribution >= 4 is 34.7 Å². The maximum atomic E-state index is 11.9. The highest BCUT2D eigenvalue weighted by molar-refractivity contribution is 6.31. The molecule has 4 nitrogen and oxygen atoms in total. The number of aryl methyl sites for hydroxylation is 1. The Hall–Kier alpha value is -2.33. The van der Waals surface area contributed by atoms with E-state index in [1.54, 1.807) is 18.2 Å². The van der Waals surface area contributed by atoms with Crippen molar-refractivity contribution in [3.63, 3.8) is 0 Å². The van der Waals surface area contributed by atoms with Gasteiger partial charge in [0.15, 0.2) is 5.78 Å². The number of carbonyl (C=O) groups excluding carboxylic acids is 2. The Morgan fingerprint density at radius 2 is 1.87 bits per heavy atom. The number of rotatable bonds is 6. The third-order valence-corrected chi connectivity index (χ3v) is 3.81. The van der Waals surface area contributed by atoms with Crippen LogP contribution in [0.4, 0.5) is 11.4 Å². The van der Waals surface area contributed by atoms with E-state index in [4.69, 9.17) is 11.6 Å². The second kappa shape index (κ2) is 7.79. The van der Waals surface area contributed by atoms with Crippen LogP contribution in [0, 0.1) is 6.92 Å². The smallest absolute Gasteiger partial charge is 0.226 e. The largest absolute Gasteiger partial charge is 0.385 e. The lowest BCUT2D eigenvalue weighted by molar-refractivity contribution is -0.115. The van der Waals surface area contributed by atoms with E-state index in [-0.39, 0.29) is 11.7 Å². The number of anilines is 2. The fourth-order valence-electron chi connectivity index (χ4n) is 2.06. The Labute approximate surface area is 140 Å². The summed E-state index contributed by atoms with van der Waals surface area (Å²) in [4.78, 5) is 23.3. The Morgan fingerprint density at radius 1 is 1.09 bits per heavy atom. The number of Topliss-reactive ketones (excluding diaryl/α,β-unsaturated/α-hetero) is 1. The molecule has 0 spiro atoms. The maximum absolute atomic E-state index is 11.9. The van der Waals surface area contributed by atoms with Crippen LogP contribution in [-0.2, 0) is 4.79 Å². The summed E-state index contributed by atoms with van der Waals surface area (Å²) in [7, 11) is 0. The van der Waals surface area contributed by atoms with Crippen molar-refractivity contribution in [3.8, 4) is 0 Å². The maximum Gasteiger partial charge on any atom is 0.226 e. The number of benzene rings is 2. The van der Waals surface area contributed by atoms with E-state index in [0.717, 1.165) is 11.3 Å². The number of amides is 1. The highest BCUT2D eigenvalue weighted by Crippen LogP contribution is 2.20. The van der Waals surface area contributed by atoms with Crippen LogP contribution in [0.15, 0.2) is 42.5 Å². The van der Waals surface area contributed by atoms with Gasteiger partial charge in [0.05, 0.1) is 0 Å². The van der Waals surface area contributed by atoms with Crippen molar-refractivity contribution in [2.45, 2.75) is 20.3 Å². The molecule has 0 fully saturated rings. The minimum atomic E-state index is -0.0971. The molecular formula is C18H19ClN2O2. The average Bonchev–Trinajstić information content (AvgIpc) is 2.51. The second-order valence-corrected chi connectivity index (χ2v) is 5.73. The van der Waals surface area contributed by atoms with Crippen molar-refractivity contribution in [2.24, 2.45) is 0 Å². The van der Waals surface area contributed by atoms with Crippen LogP contribution in [0.3, 0.4) is 0 Å². The summed E-state index contributed by atoms with van der Waals surface area (Å²) in [6.07, 6.45) is 0.315. The first-order valence-corrected chi connectivity index (χ1v) is 7.74. The van der Waals surface area contributed by atoms with Crippen LogP contribution in [0.5, 0.6) is 0 Å². The number of carbonyl (C=O) groups is 2. The monoisotopic (exact) mass is 330 g/mol. The minimum absolute atomic E-state index is 0.0163. The number of nitrogens with one attached hydrogen (secondary N) is 2. The standard InChI is InChI=1S/C18H19ClN2O2/c1-12-6-7-16(11-17(12)19)21-18(23)8-9-20-15-5-3-4-14(10-15)13(2)22/h3-7,10-11,20H,8-9H2,1-2H3,(H,21,23). The van der Waals surface area contributed by atoms with E-state index in [1.807, 2.05) is 31.2 Å². The van der Waals surface area contributed by atoms with Crippen molar-refractivity contribution in [1.29, 1.82) is 0 Å². The molecule has 0 unspecified atom stereocenters. The number of ketones is 1. The summed E-state index contributed by atoms with van der Waals surface area (Å²) in [6.45, 7) is 3.92. The lowest BCUT2D eigenvalue weighted by Crippen LogP contribution is -2.16. The summed E-state index contributed by atoms with van der Waals surface area (Å²) in [5.74, 6) is -0.0808. The Bertz CT molecular complexity index is 729. The van der Waals surface area contributed by atoms with Crippen molar-refractivity contribution < 1.29 is 9.59 Å². The van der Waals surface area contributed by atoms with E-state index in [1.165, 1.54) is 6.92 Å². The highest BCUT2D eigenvalue weighted by Gasteiger charge is 2.05. The molecule has 0 aromatic heterocycles. The van der Waals surface area contributed by atoms with Gasteiger partial charge >= 0.3 is 0 Å². The zero-order chi connectivity index (χ0) is 16.8. The molecule has 2 N–H and O–H groups in total. The molecule has 0 saturated carbocycles. The molecule has 2 aromatic carbocycles. The molecule has 0 aliphatic rings. The first kappa shape index (κ1) is 17.0. The van der Waals surface area contributed by atoms with E-state index in [0.29, 0.717) is 29.2 Å². The summed E-state index contributed by atoms with van der Waals surface area (Å²) in [5, 5.41) is 6.57. The van der Waals surface area contributed by atoms with Gasteiger partial charge in [-0.25, -0.2) is 0 Å². The van der Waals surface area contributed by atoms with Gasteiger partial charge < -0.3 is 10.6 Å². The van der Waals surface area contributed by atoms with Gasteiger partial charge in [0.25, 0.3) is 0 Å². The summed E-state index contributed by atoms with van der Waals surface area (Å²) in [6, 6.07) is 12.6. The summed E-state index contributed by atoms with van der Waals surface area (Å²) < 4.78 is 0. The molecule has 0 aliphatic carbocycles. The fourth-order valence-corrected chi connectivity index (χ4v) is 2.24. The van der Waals surface area contributed by atoms with Gasteiger partial charge in [-0.05, 0) is 43.7 Å². The Kier molecular flexibility index (Phi) is 5.77. The molecule has 2 rings (SSSR count). The predicted molar refractivity (Wildman–Crippen MR) is 94.4 cm³/mol. The van der Waals surface area contributed by atoms with Gasteiger partial charge in [-0.2, -0.15) is 0 Å². The number of hydrogen-bond donors (Lipinski definition) is 2. The second-order valence-electron chi connectivity index (χ2n) is 5.33. The Morgan fingerprint density at radius 3 is 2.57 bits per heavy atom. The van der Waals surface area contributed by atoms with Crippen LogP contribution in [-0.4, -0.2) is 18.2 Å². The third-order valence-electron chi connectivity index (χ3n) is 3.41. The van der Waals surface area contributed by atoms with E-state index < -0.39 is 0 Å². The highest BCUT2D eigenvalue weighted by atomic mass is 35.5. The average molecular weight is 331 g/mol. The van der Waals surface area contributed by atoms with Crippen molar-refractivity contribution in [1.82, 2.24) is 0 Å². The van der Waals surface area contributed by atoms with Gasteiger partial charge in [0.2, 0.25) is 5.91 Å². The normalized spacial score (nSPS) is 10.2. The first-order valence-electron chi connectivity index (χ1n) is 7.36. The molecule has 0 bridgehead atoms. The van der Waals surface area contributed by atoms with Crippen molar-refractivity contribution in [2.75, 3.05) is 17.2 Å². The van der Waals surface area contributed by atoms with Crippen LogP contribution in [0.25, 0.3) is 0 Å². The van der Waals surface area contributed by atoms with Gasteiger partial charge in [-0.3, -0.25) is 9.59 Å². The van der Waals surface area contributed by atoms with Crippen LogP contribution >= 0.6 is 11.6 Å². The van der Waals surface area contributed by atoms with Gasteiger partial charge in [-0.15, -0.1) is 0 Å². The van der Waals surface area contributed by atoms with Crippen LogP contribution < -0.4 is 10.6 Å². The lowest BCUT2D eigenvalue weighted by Gasteiger charge is -2.09. The van der Waals surface area contributed by atoms with E-state index in [9.17, 15) is 9.59 Å². The number of halogens is 1. The molecule has 0 saturated heterocycles. The summed E-state index contributed by atoms with van der Waals surface area (Å²) >= 11 is 6.03. The minimum Gasteiger partial charge on any atom is -0.385 e. The molecule has 2 aromatic rings. The molecule has 0 heterocycles. The topological polar surface area (TPSA) is 58.2 Å². The molecular weight excluding hydrogens is 312 g/mol. The van der Waals surface area contributed by atoms with Crippen LogP contribution in [0.2, 0.25) is 5.02 Å². The molecule has 0 aliphatic heterocycles. The molecule has 5 heteroatoms. The quantitative estimate of drug-likeness (QED) is 0.777. The molecule has 0 atom stereocenters. The van der Waals surface area contributed by atoms with E-state index >= 15 is 0 Å². The van der Waals surface area contributed by atoms with Gasteiger partial charge in [-0.1, -0.05) is 29.8 Å². The SMILES string of the molecule is CC(=O)c1cccc(NCCC(=O)Nc2ccc(C)c(Cl)c2)c1. The van der Waals surface area contributed by atoms with Gasteiger partial charge in [0.1, 0.15) is 0 Å². The lowest BCUT2D eigenvalue weighted by atomic mass is 10.1. The first-order chi connectivity index (χ1) is 11.0. The number of hydrogen-bond acceptors (Lipinski definition) is 3. The summed E-state index contributed by atoms with van der Waals surface area (Å²) in [5.41, 5.74) is 3.12. The molecule has 23 heavy (non-hydrogen) atoms. The third kappa shape index (κ3) is 5.11. The molecule has 1 amide bonds. The van der Waals surface area contributed by atoms with Crippen LogP contribution in [0.1, 0.15) is 29.3 Å². The van der Waals surface area contributed by atoms with E-state index in [2.05, 4.69) is 10.6 Å². The van der Waals surface area contributed by atoms with Crippen molar-refractivity contribution in [3.05, 3.63) is 58.6 Å². The molecule has 120 valence electrons. The predicted octanol–water partition coefficient (Wildman–Crippen LogP) is 4.29.